The number of aryl methyl sites for hydroxylation is 1. The maximum absolute atomic E-state index is 13.2. The van der Waals surface area contributed by atoms with Gasteiger partial charge >= 0.3 is 0 Å². The highest BCUT2D eigenvalue weighted by atomic mass is 19.3. The van der Waals surface area contributed by atoms with Gasteiger partial charge in [0.1, 0.15) is 17.1 Å². The van der Waals surface area contributed by atoms with E-state index in [1.165, 1.54) is 24.1 Å². The molecule has 0 aliphatic heterocycles. The number of rotatable bonds is 8. The Kier molecular flexibility index (Phi) is 6.34. The lowest BCUT2D eigenvalue weighted by Crippen LogP contribution is -2.08. The van der Waals surface area contributed by atoms with Crippen LogP contribution in [0.15, 0.2) is 42.7 Å². The molecule has 0 aliphatic carbocycles. The SMILES string of the molecule is COc1ccc(/C=C/C(=O)c2cnn(C)c2)cc1Cn1nc(C(F)F)cc1C(F)F. The number of nitrogens with zero attached hydrogens (tertiary/aromatic N) is 4. The van der Waals surface area contributed by atoms with Crippen LogP contribution >= 0.6 is 0 Å². The molecule has 0 radical (unpaired) electrons. The van der Waals surface area contributed by atoms with Crippen LogP contribution in [0.5, 0.6) is 5.75 Å². The largest absolute Gasteiger partial charge is 0.496 e. The lowest BCUT2D eigenvalue weighted by atomic mass is 10.1. The van der Waals surface area contributed by atoms with Crippen molar-refractivity contribution in [2.75, 3.05) is 7.11 Å². The lowest BCUT2D eigenvalue weighted by Gasteiger charge is -2.12. The summed E-state index contributed by atoms with van der Waals surface area (Å²) < 4.78 is 59.9. The van der Waals surface area contributed by atoms with E-state index in [-0.39, 0.29) is 12.3 Å². The predicted molar refractivity (Wildman–Crippen MR) is 101 cm³/mol. The molecule has 0 saturated heterocycles. The highest BCUT2D eigenvalue weighted by molar-refractivity contribution is 6.06. The van der Waals surface area contributed by atoms with Gasteiger partial charge in [0.2, 0.25) is 0 Å². The molecule has 30 heavy (non-hydrogen) atoms. The van der Waals surface area contributed by atoms with Gasteiger partial charge in [-0.2, -0.15) is 10.2 Å². The van der Waals surface area contributed by atoms with Crippen molar-refractivity contribution >= 4 is 11.9 Å². The molecule has 2 aromatic heterocycles. The van der Waals surface area contributed by atoms with Gasteiger partial charge in [0.25, 0.3) is 12.9 Å². The number of carbonyl (C=O) groups is 1. The summed E-state index contributed by atoms with van der Waals surface area (Å²) in [5.74, 6) is 0.120. The zero-order valence-corrected chi connectivity index (χ0v) is 16.1. The summed E-state index contributed by atoms with van der Waals surface area (Å²) in [7, 11) is 3.10. The first kappa shape index (κ1) is 21.3. The van der Waals surface area contributed by atoms with Crippen molar-refractivity contribution in [2.45, 2.75) is 19.4 Å². The second kappa shape index (κ2) is 8.93. The Bertz CT molecular complexity index is 1070. The molecule has 3 rings (SSSR count). The Morgan fingerprint density at radius 1 is 1.20 bits per heavy atom. The van der Waals surface area contributed by atoms with Gasteiger partial charge in [-0.15, -0.1) is 0 Å². The minimum Gasteiger partial charge on any atom is -0.496 e. The molecule has 1 aromatic carbocycles. The Morgan fingerprint density at radius 3 is 2.57 bits per heavy atom. The van der Waals surface area contributed by atoms with Gasteiger partial charge in [0, 0.05) is 18.8 Å². The smallest absolute Gasteiger partial charge is 0.282 e. The van der Waals surface area contributed by atoms with E-state index in [0.29, 0.717) is 28.5 Å². The maximum Gasteiger partial charge on any atom is 0.282 e. The number of benzene rings is 1. The Balaban J connectivity index is 1.88. The minimum absolute atomic E-state index is 0.201. The van der Waals surface area contributed by atoms with Gasteiger partial charge in [-0.3, -0.25) is 14.2 Å². The first-order valence-corrected chi connectivity index (χ1v) is 8.80. The van der Waals surface area contributed by atoms with Crippen LogP contribution < -0.4 is 4.74 Å². The summed E-state index contributed by atoms with van der Waals surface area (Å²) >= 11 is 0. The van der Waals surface area contributed by atoms with E-state index in [0.717, 1.165) is 4.68 Å². The van der Waals surface area contributed by atoms with E-state index >= 15 is 0 Å². The van der Waals surface area contributed by atoms with Crippen LogP contribution in [0.2, 0.25) is 0 Å². The van der Waals surface area contributed by atoms with Crippen molar-refractivity contribution in [1.29, 1.82) is 0 Å². The van der Waals surface area contributed by atoms with Crippen molar-refractivity contribution in [3.8, 4) is 5.75 Å². The molecule has 0 spiro atoms. The van der Waals surface area contributed by atoms with E-state index in [1.807, 2.05) is 0 Å². The van der Waals surface area contributed by atoms with Crippen LogP contribution in [0, 0.1) is 0 Å². The van der Waals surface area contributed by atoms with Crippen LogP contribution in [-0.2, 0) is 13.6 Å². The van der Waals surface area contributed by atoms with E-state index in [1.54, 1.807) is 37.5 Å². The van der Waals surface area contributed by atoms with E-state index in [4.69, 9.17) is 4.74 Å². The molecule has 2 heterocycles. The first-order chi connectivity index (χ1) is 14.3. The van der Waals surface area contributed by atoms with Gasteiger partial charge in [-0.25, -0.2) is 17.6 Å². The van der Waals surface area contributed by atoms with Gasteiger partial charge in [-0.1, -0.05) is 12.1 Å². The summed E-state index contributed by atoms with van der Waals surface area (Å²) in [5.41, 5.74) is 0.129. The summed E-state index contributed by atoms with van der Waals surface area (Å²) in [6.45, 7) is -0.201. The number of ketones is 1. The quantitative estimate of drug-likeness (QED) is 0.306. The number of aromatic nitrogens is 4. The zero-order valence-electron chi connectivity index (χ0n) is 16.1. The third-order valence-electron chi connectivity index (χ3n) is 4.32. The molecule has 3 aromatic rings. The monoisotopic (exact) mass is 422 g/mol. The van der Waals surface area contributed by atoms with Crippen molar-refractivity contribution in [1.82, 2.24) is 19.6 Å². The van der Waals surface area contributed by atoms with Crippen LogP contribution in [0.4, 0.5) is 17.6 Å². The number of alkyl halides is 4. The Labute approximate surface area is 169 Å². The number of carbonyl (C=O) groups excluding carboxylic acids is 1. The third kappa shape index (κ3) is 4.76. The van der Waals surface area contributed by atoms with Crippen LogP contribution in [0.3, 0.4) is 0 Å². The molecule has 0 bridgehead atoms. The molecule has 0 atom stereocenters. The molecule has 158 valence electrons. The number of methoxy groups -OCH3 is 1. The number of allylic oxidation sites excluding steroid dienone is 1. The zero-order chi connectivity index (χ0) is 21.8. The number of hydrogen-bond acceptors (Lipinski definition) is 4. The standard InChI is InChI=1S/C20H18F4N4O2/c1-27-10-14(9-25-27)17(29)5-3-12-4-6-18(30-2)13(7-12)11-28-16(20(23)24)8-15(26-28)19(21)22/h3-10,19-20H,11H2,1-2H3/b5-3+. The minimum atomic E-state index is -2.96. The molecule has 0 fully saturated rings. The van der Waals surface area contributed by atoms with Crippen molar-refractivity contribution in [3.63, 3.8) is 0 Å². The number of ether oxygens (including phenoxy) is 1. The number of halogens is 4. The van der Waals surface area contributed by atoms with Gasteiger partial charge in [0.15, 0.2) is 5.78 Å². The normalized spacial score (nSPS) is 11.7. The highest BCUT2D eigenvalue weighted by Gasteiger charge is 2.22. The third-order valence-corrected chi connectivity index (χ3v) is 4.32. The first-order valence-electron chi connectivity index (χ1n) is 8.80. The van der Waals surface area contributed by atoms with Crippen molar-refractivity contribution in [2.24, 2.45) is 7.05 Å². The van der Waals surface area contributed by atoms with Crippen LogP contribution in [0.25, 0.3) is 6.08 Å². The highest BCUT2D eigenvalue weighted by Crippen LogP contribution is 2.28. The molecule has 0 amide bonds. The fourth-order valence-corrected chi connectivity index (χ4v) is 2.86. The van der Waals surface area contributed by atoms with E-state index < -0.39 is 24.2 Å². The second-order valence-electron chi connectivity index (χ2n) is 6.42. The van der Waals surface area contributed by atoms with Crippen molar-refractivity contribution < 1.29 is 27.1 Å². The lowest BCUT2D eigenvalue weighted by molar-refractivity contribution is 0.104. The maximum atomic E-state index is 13.2. The summed E-state index contributed by atoms with van der Waals surface area (Å²) in [6, 6.07) is 5.59. The molecule has 0 aliphatic rings. The molecular weight excluding hydrogens is 404 g/mol. The average Bonchev–Trinajstić information content (AvgIpc) is 3.33. The molecule has 10 heteroatoms. The van der Waals surface area contributed by atoms with E-state index in [2.05, 4.69) is 10.2 Å². The summed E-state index contributed by atoms with van der Waals surface area (Å²) in [6.07, 6.45) is 0.0114. The van der Waals surface area contributed by atoms with Gasteiger partial charge in [0.05, 0.1) is 25.4 Å². The van der Waals surface area contributed by atoms with Crippen LogP contribution in [0.1, 0.15) is 45.7 Å². The summed E-state index contributed by atoms with van der Waals surface area (Å²) in [5, 5.41) is 7.53. The average molecular weight is 422 g/mol. The molecule has 0 saturated carbocycles. The Hall–Kier alpha value is -3.43. The molecular formula is C20H18F4N4O2. The topological polar surface area (TPSA) is 61.9 Å². The number of hydrogen-bond donors (Lipinski definition) is 0. The fraction of sp³-hybridized carbons (Fsp3) is 0.250. The second-order valence-corrected chi connectivity index (χ2v) is 6.42. The predicted octanol–water partition coefficient (Wildman–Crippen LogP) is 4.44. The van der Waals surface area contributed by atoms with Crippen molar-refractivity contribution in [3.05, 3.63) is 70.8 Å². The van der Waals surface area contributed by atoms with Gasteiger partial charge < -0.3 is 4.74 Å². The molecule has 0 unspecified atom stereocenters. The summed E-state index contributed by atoms with van der Waals surface area (Å²) in [4.78, 5) is 12.2. The molecule has 0 N–H and O–H groups in total. The fourth-order valence-electron chi connectivity index (χ4n) is 2.86. The van der Waals surface area contributed by atoms with Gasteiger partial charge in [-0.05, 0) is 29.8 Å². The Morgan fingerprint density at radius 2 is 1.97 bits per heavy atom. The van der Waals surface area contributed by atoms with Crippen LogP contribution in [-0.4, -0.2) is 32.5 Å². The molecule has 6 nitrogen and oxygen atoms in total. The van der Waals surface area contributed by atoms with E-state index in [9.17, 15) is 22.4 Å².